The number of likely N-dealkylation sites (tertiary alicyclic amines) is 1. The SMILES string of the molecule is CO[C@H](COS(=O)(=O)O)C(=O)N[C@@H](C(=O)N1[C@H](C([O-])=NCCC2=CC[N+](=C(N)N)C2)C[C@@H]2C[C@H](O)[C@@H](O)C[C@@H]21)[C@H](Cl)C(C)C. The summed E-state index contributed by atoms with van der Waals surface area (Å²) in [4.78, 5) is 32.8. The monoisotopic (exact) mass is 666 g/mol. The Morgan fingerprint density at radius 1 is 1.25 bits per heavy atom. The largest absolute Gasteiger partial charge is 0.861 e. The predicted molar refractivity (Wildman–Crippen MR) is 157 cm³/mol. The third-order valence-corrected chi connectivity index (χ3v) is 9.49. The number of nitrogens with one attached hydrogen (secondary N) is 1. The van der Waals surface area contributed by atoms with Gasteiger partial charge in [-0.1, -0.05) is 13.8 Å². The zero-order valence-electron chi connectivity index (χ0n) is 24.9. The highest BCUT2D eigenvalue weighted by Crippen LogP contribution is 2.41. The fourth-order valence-electron chi connectivity index (χ4n) is 5.86. The normalized spacial score (nSPS) is 28.0. The lowest BCUT2D eigenvalue weighted by Crippen LogP contribution is -2.61. The van der Waals surface area contributed by atoms with Crippen molar-refractivity contribution in [2.24, 2.45) is 28.3 Å². The van der Waals surface area contributed by atoms with E-state index < -0.39 is 76.5 Å². The van der Waals surface area contributed by atoms with Gasteiger partial charge in [-0.3, -0.25) is 30.2 Å². The highest BCUT2D eigenvalue weighted by Gasteiger charge is 2.51. The molecule has 0 bridgehead atoms. The number of aliphatic hydroxyl groups excluding tert-OH is 2. The van der Waals surface area contributed by atoms with Gasteiger partial charge in [-0.25, -0.2) is 4.18 Å². The molecular formula is C26H43ClN6O10S. The summed E-state index contributed by atoms with van der Waals surface area (Å²) in [5.74, 6) is -2.69. The maximum atomic E-state index is 14.2. The van der Waals surface area contributed by atoms with Crippen molar-refractivity contribution >= 4 is 45.7 Å². The van der Waals surface area contributed by atoms with Crippen LogP contribution >= 0.6 is 11.6 Å². The van der Waals surface area contributed by atoms with Crippen LogP contribution in [0.4, 0.5) is 0 Å². The second-order valence-corrected chi connectivity index (χ2v) is 13.3. The maximum absolute atomic E-state index is 14.2. The average molecular weight is 667 g/mol. The fourth-order valence-corrected chi connectivity index (χ4v) is 6.32. The zero-order valence-corrected chi connectivity index (χ0v) is 26.5. The summed E-state index contributed by atoms with van der Waals surface area (Å²) in [6.07, 6.45) is -0.932. The topological polar surface area (TPSA) is 253 Å². The van der Waals surface area contributed by atoms with Gasteiger partial charge in [-0.15, -0.1) is 11.6 Å². The Bertz CT molecular complexity index is 1260. The number of carbonyl (C=O) groups excluding carboxylic acids is 2. The number of methoxy groups -OCH3 is 1. The molecule has 3 aliphatic rings. The molecule has 0 aromatic heterocycles. The van der Waals surface area contributed by atoms with Gasteiger partial charge in [0, 0.05) is 19.7 Å². The number of rotatable bonds is 13. The van der Waals surface area contributed by atoms with E-state index in [-0.39, 0.29) is 43.6 Å². The number of halogens is 1. The lowest BCUT2D eigenvalue weighted by molar-refractivity contribution is -0.503. The quantitative estimate of drug-likeness (QED) is 0.0288. The van der Waals surface area contributed by atoms with Crippen LogP contribution in [0.5, 0.6) is 0 Å². The third kappa shape index (κ3) is 9.02. The van der Waals surface area contributed by atoms with E-state index in [1.54, 1.807) is 18.4 Å². The van der Waals surface area contributed by atoms with Gasteiger partial charge in [0.1, 0.15) is 12.6 Å². The summed E-state index contributed by atoms with van der Waals surface area (Å²) in [6.45, 7) is 3.79. The van der Waals surface area contributed by atoms with E-state index in [1.165, 1.54) is 4.90 Å². The van der Waals surface area contributed by atoms with E-state index in [0.29, 0.717) is 19.5 Å². The van der Waals surface area contributed by atoms with Crippen LogP contribution in [0, 0.1) is 11.8 Å². The van der Waals surface area contributed by atoms with Crippen LogP contribution in [0.3, 0.4) is 0 Å². The minimum atomic E-state index is -4.88. The molecule has 1 aliphatic carbocycles. The molecule has 0 aromatic carbocycles. The molecule has 44 heavy (non-hydrogen) atoms. The van der Waals surface area contributed by atoms with Gasteiger partial charge in [0.05, 0.1) is 36.7 Å². The molecule has 0 spiro atoms. The molecule has 0 radical (unpaired) electrons. The molecule has 8 N–H and O–H groups in total. The van der Waals surface area contributed by atoms with Gasteiger partial charge in [-0.05, 0) is 55.1 Å². The molecular weight excluding hydrogens is 624 g/mol. The highest BCUT2D eigenvalue weighted by molar-refractivity contribution is 7.80. The van der Waals surface area contributed by atoms with E-state index in [2.05, 4.69) is 14.5 Å². The number of carbonyl (C=O) groups is 2. The Kier molecular flexibility index (Phi) is 12.4. The first-order valence-electron chi connectivity index (χ1n) is 14.3. The molecule has 2 heterocycles. The van der Waals surface area contributed by atoms with Crippen LogP contribution in [0.25, 0.3) is 0 Å². The van der Waals surface area contributed by atoms with Gasteiger partial charge in [0.2, 0.25) is 5.91 Å². The Labute approximate surface area is 261 Å². The molecule has 2 aliphatic heterocycles. The number of aliphatic imine (C=N–C) groups is 1. The highest BCUT2D eigenvalue weighted by atomic mass is 35.5. The molecule has 0 unspecified atom stereocenters. The van der Waals surface area contributed by atoms with Crippen LogP contribution in [-0.4, -0.2) is 131 Å². The summed E-state index contributed by atoms with van der Waals surface area (Å²) in [7, 11) is -3.78. The van der Waals surface area contributed by atoms with Gasteiger partial charge >= 0.3 is 16.4 Å². The van der Waals surface area contributed by atoms with Crippen LogP contribution in [0.15, 0.2) is 16.6 Å². The first-order chi connectivity index (χ1) is 20.5. The summed E-state index contributed by atoms with van der Waals surface area (Å²) < 4.78 is 42.0. The third-order valence-electron chi connectivity index (χ3n) is 8.30. The first-order valence-corrected chi connectivity index (χ1v) is 16.1. The summed E-state index contributed by atoms with van der Waals surface area (Å²) >= 11 is 6.64. The van der Waals surface area contributed by atoms with Crippen molar-refractivity contribution in [2.45, 2.75) is 81.3 Å². The number of guanidine groups is 1. The van der Waals surface area contributed by atoms with E-state index >= 15 is 0 Å². The van der Waals surface area contributed by atoms with Gasteiger partial charge < -0.3 is 35.3 Å². The lowest BCUT2D eigenvalue weighted by Gasteiger charge is -2.41. The summed E-state index contributed by atoms with van der Waals surface area (Å²) in [6, 6.07) is -3.08. The van der Waals surface area contributed by atoms with E-state index in [0.717, 1.165) is 12.7 Å². The zero-order chi connectivity index (χ0) is 32.9. The number of hydrogen-bond donors (Lipinski definition) is 6. The molecule has 1 saturated carbocycles. The minimum absolute atomic E-state index is 0.000716. The van der Waals surface area contributed by atoms with Gasteiger partial charge in [-0.2, -0.15) is 8.42 Å². The molecule has 2 fully saturated rings. The van der Waals surface area contributed by atoms with Crippen LogP contribution < -0.4 is 21.9 Å². The van der Waals surface area contributed by atoms with Crippen molar-refractivity contribution in [2.75, 3.05) is 33.4 Å². The number of hydrogen-bond acceptors (Lipinski definition) is 10. The molecule has 3 rings (SSSR count). The maximum Gasteiger partial charge on any atom is 0.397 e. The van der Waals surface area contributed by atoms with Crippen molar-refractivity contribution in [3.63, 3.8) is 0 Å². The van der Waals surface area contributed by atoms with E-state index in [4.69, 9.17) is 32.4 Å². The van der Waals surface area contributed by atoms with E-state index in [1.807, 2.05) is 6.08 Å². The molecule has 8 atom stereocenters. The predicted octanol–water partition coefficient (Wildman–Crippen LogP) is -2.95. The van der Waals surface area contributed by atoms with Gasteiger partial charge in [0.25, 0.3) is 5.91 Å². The minimum Gasteiger partial charge on any atom is -0.861 e. The number of nitrogens with two attached hydrogens (primary N) is 2. The number of fused-ring (bicyclic) bond motifs is 1. The number of amides is 2. The Morgan fingerprint density at radius 2 is 1.91 bits per heavy atom. The molecule has 1 saturated heterocycles. The van der Waals surface area contributed by atoms with Gasteiger partial charge in [0.15, 0.2) is 6.10 Å². The van der Waals surface area contributed by atoms with Crippen molar-refractivity contribution in [3.05, 3.63) is 11.6 Å². The Hall–Kier alpha value is -2.54. The fraction of sp³-hybridized carbons (Fsp3) is 0.769. The van der Waals surface area contributed by atoms with Crippen LogP contribution in [0.2, 0.25) is 0 Å². The molecule has 16 nitrogen and oxygen atoms in total. The van der Waals surface area contributed by atoms with Crippen LogP contribution in [0.1, 0.15) is 39.5 Å². The van der Waals surface area contributed by atoms with Crippen LogP contribution in [-0.2, 0) is 28.9 Å². The first kappa shape index (κ1) is 35.9. The summed E-state index contributed by atoms with van der Waals surface area (Å²) in [5.41, 5.74) is 12.3. The average Bonchev–Trinajstić information content (AvgIpc) is 3.56. The number of ether oxygens (including phenoxy) is 1. The van der Waals surface area contributed by atoms with Crippen molar-refractivity contribution < 1.29 is 51.4 Å². The van der Waals surface area contributed by atoms with Crippen molar-refractivity contribution in [3.8, 4) is 0 Å². The molecule has 2 amide bonds. The number of aliphatic hydroxyl groups is 2. The second kappa shape index (κ2) is 15.2. The van der Waals surface area contributed by atoms with E-state index in [9.17, 15) is 33.3 Å². The molecule has 18 heteroatoms. The lowest BCUT2D eigenvalue weighted by atomic mass is 9.81. The smallest absolute Gasteiger partial charge is 0.397 e. The summed E-state index contributed by atoms with van der Waals surface area (Å²) in [5, 5.41) is 35.8. The Balaban J connectivity index is 1.87. The van der Waals surface area contributed by atoms with Crippen molar-refractivity contribution in [1.82, 2.24) is 10.2 Å². The standard InChI is InChI=1S/C26H43ClN6O10S/c1-13(2)21(27)22(31-24(37)20(42-3)12-43-44(39,40)41)25(38)33-16-10-19(35)18(34)9-15(16)8-17(33)23(36)30-6-4-14-5-7-32(11-14)26(28)29/h5,13,15-22,34-35H,4,6-12H2,1-3H3,(H6,28,29,30,31,36,37,39,40,41)/t15-,16+,17+,18+,19+,20-,21-,22-/m1/s1. The molecule has 250 valence electrons. The number of alkyl halides is 1. The molecule has 0 aromatic rings. The Morgan fingerprint density at radius 3 is 2.48 bits per heavy atom. The second-order valence-electron chi connectivity index (χ2n) is 11.7. The van der Waals surface area contributed by atoms with Crippen molar-refractivity contribution in [1.29, 1.82) is 0 Å². The number of nitrogens with zero attached hydrogens (tertiary/aromatic N) is 3.